The van der Waals surface area contributed by atoms with E-state index in [1.54, 1.807) is 11.8 Å². The maximum absolute atomic E-state index is 11.4. The molecule has 112 valence electrons. The Morgan fingerprint density at radius 2 is 1.95 bits per heavy atom. The third-order valence-corrected chi connectivity index (χ3v) is 4.40. The monoisotopic (exact) mass is 290 g/mol. The van der Waals surface area contributed by atoms with E-state index in [0.29, 0.717) is 12.4 Å². The molecule has 0 bridgehead atoms. The molecule has 0 spiro atoms. The van der Waals surface area contributed by atoms with Crippen molar-refractivity contribution in [3.63, 3.8) is 0 Å². The lowest BCUT2D eigenvalue weighted by Gasteiger charge is -2.20. The normalized spacial score (nSPS) is 12.9. The number of hydrogen-bond acceptors (Lipinski definition) is 5. The van der Waals surface area contributed by atoms with Crippen molar-refractivity contribution in [2.75, 3.05) is 25.2 Å². The maximum atomic E-state index is 11.4. The molecule has 1 atom stereocenters. The quantitative estimate of drug-likeness (QED) is 0.483. The Morgan fingerprint density at radius 3 is 2.47 bits per heavy atom. The van der Waals surface area contributed by atoms with Crippen LogP contribution in [0.4, 0.5) is 0 Å². The highest BCUT2D eigenvalue weighted by molar-refractivity contribution is 7.99. The van der Waals surface area contributed by atoms with E-state index in [2.05, 4.69) is 0 Å². The summed E-state index contributed by atoms with van der Waals surface area (Å²) in [6.45, 7) is 8.03. The third-order valence-electron chi connectivity index (χ3n) is 2.89. The summed E-state index contributed by atoms with van der Waals surface area (Å²) >= 11 is 1.68. The van der Waals surface area contributed by atoms with Crippen molar-refractivity contribution in [1.29, 1.82) is 0 Å². The topological polar surface area (TPSA) is 52.6 Å². The number of hydrogen-bond donors (Lipinski definition) is 0. The maximum Gasteiger partial charge on any atom is 0.312 e. The van der Waals surface area contributed by atoms with Gasteiger partial charge in [-0.3, -0.25) is 9.59 Å². The van der Waals surface area contributed by atoms with Gasteiger partial charge >= 0.3 is 11.9 Å². The summed E-state index contributed by atoms with van der Waals surface area (Å²) in [6.07, 6.45) is 1.62. The molecule has 4 nitrogen and oxygen atoms in total. The Kier molecular flexibility index (Phi) is 8.89. The molecule has 0 fully saturated rings. The molecule has 0 saturated carbocycles. The van der Waals surface area contributed by atoms with Gasteiger partial charge < -0.3 is 9.47 Å². The minimum absolute atomic E-state index is 0.0223. The van der Waals surface area contributed by atoms with Crippen molar-refractivity contribution in [2.24, 2.45) is 11.3 Å². The summed E-state index contributed by atoms with van der Waals surface area (Å²) < 4.78 is 9.89. The first-order chi connectivity index (χ1) is 8.85. The average molecular weight is 290 g/mol. The van der Waals surface area contributed by atoms with E-state index in [4.69, 9.17) is 9.47 Å². The van der Waals surface area contributed by atoms with Gasteiger partial charge in [0.05, 0.1) is 25.0 Å². The molecular formula is C14H26O4S. The van der Waals surface area contributed by atoms with E-state index < -0.39 is 5.41 Å². The second kappa shape index (κ2) is 9.23. The number of esters is 2. The Bertz CT molecular complexity index is 289. The predicted octanol–water partition coefficient (Wildman–Crippen LogP) is 2.90. The van der Waals surface area contributed by atoms with Gasteiger partial charge in [0.25, 0.3) is 0 Å². The zero-order valence-corrected chi connectivity index (χ0v) is 13.5. The first kappa shape index (κ1) is 18.3. The van der Waals surface area contributed by atoms with Gasteiger partial charge in [0, 0.05) is 5.75 Å². The molecule has 0 rings (SSSR count). The molecule has 0 aliphatic heterocycles. The second-order valence-electron chi connectivity index (χ2n) is 5.26. The lowest BCUT2D eigenvalue weighted by molar-refractivity contribution is -0.149. The van der Waals surface area contributed by atoms with Crippen molar-refractivity contribution in [1.82, 2.24) is 0 Å². The van der Waals surface area contributed by atoms with Crippen LogP contribution in [0.5, 0.6) is 0 Å². The van der Waals surface area contributed by atoms with Crippen LogP contribution in [0.25, 0.3) is 0 Å². The van der Waals surface area contributed by atoms with Gasteiger partial charge in [0.2, 0.25) is 0 Å². The summed E-state index contributed by atoms with van der Waals surface area (Å²) in [4.78, 5) is 22.8. The summed E-state index contributed by atoms with van der Waals surface area (Å²) in [5.41, 5.74) is -0.465. The van der Waals surface area contributed by atoms with E-state index in [1.165, 1.54) is 7.11 Å². The predicted molar refractivity (Wildman–Crippen MR) is 78.2 cm³/mol. The van der Waals surface area contributed by atoms with E-state index in [-0.39, 0.29) is 17.9 Å². The molecule has 0 aliphatic rings. The van der Waals surface area contributed by atoms with E-state index in [1.807, 2.05) is 27.7 Å². The second-order valence-corrected chi connectivity index (χ2v) is 6.36. The number of thioether (sulfide) groups is 1. The van der Waals surface area contributed by atoms with E-state index in [9.17, 15) is 9.59 Å². The molecule has 0 saturated heterocycles. The molecule has 0 amide bonds. The Balaban J connectivity index is 3.66. The van der Waals surface area contributed by atoms with Gasteiger partial charge in [-0.2, -0.15) is 11.8 Å². The first-order valence-corrected chi connectivity index (χ1v) is 7.83. The number of carbonyl (C=O) groups excluding carboxylic acids is 2. The Labute approximate surface area is 120 Å². The molecule has 0 radical (unpaired) electrons. The lowest BCUT2D eigenvalue weighted by Crippen LogP contribution is -2.28. The van der Waals surface area contributed by atoms with Crippen LogP contribution in [0, 0.1) is 11.3 Å². The summed E-state index contributed by atoms with van der Waals surface area (Å²) in [6, 6.07) is 0. The zero-order chi connectivity index (χ0) is 14.9. The van der Waals surface area contributed by atoms with Gasteiger partial charge in [-0.15, -0.1) is 0 Å². The van der Waals surface area contributed by atoms with Crippen LogP contribution in [0.1, 0.15) is 40.5 Å². The largest absolute Gasteiger partial charge is 0.469 e. The molecule has 19 heavy (non-hydrogen) atoms. The van der Waals surface area contributed by atoms with Crippen LogP contribution in [-0.4, -0.2) is 37.2 Å². The smallest absolute Gasteiger partial charge is 0.312 e. The van der Waals surface area contributed by atoms with Gasteiger partial charge in [0.1, 0.15) is 0 Å². The van der Waals surface area contributed by atoms with Crippen LogP contribution in [0.2, 0.25) is 0 Å². The number of ether oxygens (including phenoxy) is 2. The highest BCUT2D eigenvalue weighted by atomic mass is 32.2. The standard InChI is InChI=1S/C14H26O4S/c1-6-11(2)12(15)18-8-7-9-19-10-14(3,4)13(16)17-5/h11H,6-10H2,1-5H3. The van der Waals surface area contributed by atoms with Crippen molar-refractivity contribution >= 4 is 23.7 Å². The highest BCUT2D eigenvalue weighted by Crippen LogP contribution is 2.23. The van der Waals surface area contributed by atoms with Crippen molar-refractivity contribution in [3.05, 3.63) is 0 Å². The van der Waals surface area contributed by atoms with Crippen molar-refractivity contribution in [3.8, 4) is 0 Å². The first-order valence-electron chi connectivity index (χ1n) is 6.68. The SMILES string of the molecule is CCC(C)C(=O)OCCCSCC(C)(C)C(=O)OC. The van der Waals surface area contributed by atoms with E-state index >= 15 is 0 Å². The molecular weight excluding hydrogens is 264 g/mol. The zero-order valence-electron chi connectivity index (χ0n) is 12.7. The fourth-order valence-electron chi connectivity index (χ4n) is 1.31. The van der Waals surface area contributed by atoms with Crippen molar-refractivity contribution in [2.45, 2.75) is 40.5 Å². The molecule has 0 aromatic carbocycles. The summed E-state index contributed by atoms with van der Waals surface area (Å²) in [5.74, 6) is 1.24. The molecule has 0 aliphatic carbocycles. The van der Waals surface area contributed by atoms with Gasteiger partial charge in [-0.1, -0.05) is 13.8 Å². The van der Waals surface area contributed by atoms with Crippen LogP contribution in [0.3, 0.4) is 0 Å². The Morgan fingerprint density at radius 1 is 1.32 bits per heavy atom. The molecule has 1 unspecified atom stereocenters. The number of rotatable bonds is 9. The Hall–Kier alpha value is -0.710. The van der Waals surface area contributed by atoms with Crippen LogP contribution < -0.4 is 0 Å². The molecule has 5 heteroatoms. The van der Waals surface area contributed by atoms with E-state index in [0.717, 1.165) is 18.6 Å². The minimum Gasteiger partial charge on any atom is -0.469 e. The fourth-order valence-corrected chi connectivity index (χ4v) is 2.40. The van der Waals surface area contributed by atoms with Crippen LogP contribution in [-0.2, 0) is 19.1 Å². The van der Waals surface area contributed by atoms with Gasteiger partial charge in [-0.25, -0.2) is 0 Å². The minimum atomic E-state index is -0.465. The number of methoxy groups -OCH3 is 1. The molecule has 0 aromatic rings. The van der Waals surface area contributed by atoms with Gasteiger partial charge in [-0.05, 0) is 32.4 Å². The number of carbonyl (C=O) groups is 2. The molecule has 0 heterocycles. The highest BCUT2D eigenvalue weighted by Gasteiger charge is 2.28. The summed E-state index contributed by atoms with van der Waals surface area (Å²) in [7, 11) is 1.41. The fraction of sp³-hybridized carbons (Fsp3) is 0.857. The summed E-state index contributed by atoms with van der Waals surface area (Å²) in [5, 5.41) is 0. The van der Waals surface area contributed by atoms with Gasteiger partial charge in [0.15, 0.2) is 0 Å². The molecule has 0 N–H and O–H groups in total. The van der Waals surface area contributed by atoms with Crippen LogP contribution in [0.15, 0.2) is 0 Å². The van der Waals surface area contributed by atoms with Crippen LogP contribution >= 0.6 is 11.8 Å². The lowest BCUT2D eigenvalue weighted by atomic mass is 9.97. The van der Waals surface area contributed by atoms with Crippen molar-refractivity contribution < 1.29 is 19.1 Å². The average Bonchev–Trinajstić information content (AvgIpc) is 2.40. The third kappa shape index (κ3) is 7.45. The molecule has 0 aromatic heterocycles.